The molecule has 1 spiro atoms. The Morgan fingerprint density at radius 1 is 1.30 bits per heavy atom. The molecule has 2 heterocycles. The van der Waals surface area contributed by atoms with Crippen LogP contribution in [0.1, 0.15) is 56.6 Å². The van der Waals surface area contributed by atoms with Gasteiger partial charge in [-0.2, -0.15) is 0 Å². The molecule has 1 saturated heterocycles. The molecule has 1 aromatic rings. The van der Waals surface area contributed by atoms with E-state index in [1.807, 2.05) is 6.07 Å². The number of piperidine rings is 1. The molecule has 0 amide bonds. The van der Waals surface area contributed by atoms with E-state index in [0.717, 1.165) is 68.9 Å². The number of phenols is 1. The molecule has 3 aliphatic carbocycles. The van der Waals surface area contributed by atoms with Gasteiger partial charge in [0, 0.05) is 36.4 Å². The first-order valence-electron chi connectivity index (χ1n) is 10.8. The van der Waals surface area contributed by atoms with E-state index in [0.29, 0.717) is 5.75 Å². The van der Waals surface area contributed by atoms with Crippen LogP contribution in [0.2, 0.25) is 0 Å². The molecule has 0 radical (unpaired) electrons. The lowest BCUT2D eigenvalue weighted by molar-refractivity contribution is -0.185. The lowest BCUT2D eigenvalue weighted by Crippen LogP contribution is -2.75. The third-order valence-electron chi connectivity index (χ3n) is 8.16. The molecule has 5 nitrogen and oxygen atoms in total. The van der Waals surface area contributed by atoms with Crippen molar-refractivity contribution >= 4 is 5.69 Å². The zero-order valence-electron chi connectivity index (χ0n) is 16.1. The molecular weight excluding hydrogens is 340 g/mol. The van der Waals surface area contributed by atoms with Crippen LogP contribution < -0.4 is 10.1 Å². The van der Waals surface area contributed by atoms with Gasteiger partial charge in [-0.25, -0.2) is 0 Å². The monoisotopic (exact) mass is 370 g/mol. The second-order valence-electron chi connectivity index (χ2n) is 9.46. The molecule has 3 N–H and O–H groups in total. The second-order valence-corrected chi connectivity index (χ2v) is 9.46. The van der Waals surface area contributed by atoms with Crippen molar-refractivity contribution in [3.8, 4) is 11.5 Å². The number of aliphatic hydroxyl groups is 1. The Morgan fingerprint density at radius 3 is 2.93 bits per heavy atom. The first kappa shape index (κ1) is 16.5. The predicted octanol–water partition coefficient (Wildman–Crippen LogP) is 2.78. The minimum absolute atomic E-state index is 0.00125. The smallest absolute Gasteiger partial charge is 0.165 e. The summed E-state index contributed by atoms with van der Waals surface area (Å²) in [4.78, 5) is 2.59. The largest absolute Gasteiger partial charge is 0.504 e. The van der Waals surface area contributed by atoms with Gasteiger partial charge in [0.25, 0.3) is 0 Å². The summed E-state index contributed by atoms with van der Waals surface area (Å²) >= 11 is 0. The van der Waals surface area contributed by atoms with E-state index in [9.17, 15) is 10.2 Å². The molecule has 27 heavy (non-hydrogen) atoms. The van der Waals surface area contributed by atoms with Gasteiger partial charge >= 0.3 is 0 Å². The molecule has 146 valence electrons. The number of ether oxygens (including phenoxy) is 1. The van der Waals surface area contributed by atoms with E-state index in [1.165, 1.54) is 18.4 Å². The minimum Gasteiger partial charge on any atom is -0.504 e. The van der Waals surface area contributed by atoms with E-state index in [4.69, 9.17) is 4.74 Å². The fourth-order valence-electron chi connectivity index (χ4n) is 6.91. The fourth-order valence-corrected chi connectivity index (χ4v) is 6.91. The summed E-state index contributed by atoms with van der Waals surface area (Å²) in [6.07, 6.45) is 7.30. The Labute approximate surface area is 160 Å². The molecule has 2 aliphatic heterocycles. The van der Waals surface area contributed by atoms with Gasteiger partial charge in [-0.15, -0.1) is 0 Å². The van der Waals surface area contributed by atoms with E-state index in [2.05, 4.69) is 17.1 Å². The van der Waals surface area contributed by atoms with E-state index in [-0.39, 0.29) is 23.3 Å². The summed E-state index contributed by atoms with van der Waals surface area (Å²) < 4.78 is 6.38. The number of likely N-dealkylation sites (tertiary alicyclic amines) is 1. The Balaban J connectivity index is 1.57. The maximum atomic E-state index is 12.2. The van der Waals surface area contributed by atoms with Gasteiger partial charge in [0.2, 0.25) is 0 Å². The number of hydrogen-bond donors (Lipinski definition) is 3. The van der Waals surface area contributed by atoms with Crippen molar-refractivity contribution in [2.45, 2.75) is 75.0 Å². The summed E-state index contributed by atoms with van der Waals surface area (Å²) in [5.74, 6) is 1.72. The highest BCUT2D eigenvalue weighted by Crippen LogP contribution is 2.66. The van der Waals surface area contributed by atoms with Crippen molar-refractivity contribution in [2.24, 2.45) is 5.92 Å². The van der Waals surface area contributed by atoms with E-state index in [1.54, 1.807) is 0 Å². The number of benzene rings is 1. The Bertz CT molecular complexity index is 807. The van der Waals surface area contributed by atoms with E-state index >= 15 is 0 Å². The van der Waals surface area contributed by atoms with Crippen LogP contribution in [-0.4, -0.2) is 52.5 Å². The third kappa shape index (κ3) is 1.92. The van der Waals surface area contributed by atoms with Crippen LogP contribution in [0, 0.1) is 5.92 Å². The van der Waals surface area contributed by atoms with Crippen LogP contribution in [0.5, 0.6) is 11.5 Å². The Morgan fingerprint density at radius 2 is 2.15 bits per heavy atom. The topological polar surface area (TPSA) is 65.0 Å². The van der Waals surface area contributed by atoms with Gasteiger partial charge in [-0.05, 0) is 69.9 Å². The highest BCUT2D eigenvalue weighted by atomic mass is 16.5. The zero-order valence-corrected chi connectivity index (χ0v) is 16.1. The molecule has 4 atom stereocenters. The maximum Gasteiger partial charge on any atom is 0.165 e. The summed E-state index contributed by atoms with van der Waals surface area (Å²) in [7, 11) is 0. The maximum absolute atomic E-state index is 12.2. The van der Waals surface area contributed by atoms with Gasteiger partial charge in [0.15, 0.2) is 11.5 Å². The first-order chi connectivity index (χ1) is 13.1. The molecule has 2 bridgehead atoms. The standard InChI is InChI=1S/C22H30N2O3/c1-2-23-15-11-16(25)20-19-14(15)10-17-22(26)7-3-4-18(27-20)21(19,22)8-9-24(17)12-13-5-6-13/h11,13,17-18,23,25-26H,2-10,12H2,1H3/t17-,18+,21-,22-/m1/s1. The van der Waals surface area contributed by atoms with Crippen molar-refractivity contribution in [1.82, 2.24) is 4.90 Å². The SMILES string of the molecule is CCNc1cc(O)c2c3c1C[C@H]1N(CC4CC4)CC[C@@]34[C@H](CCC[C@@]14O)O2. The van der Waals surface area contributed by atoms with E-state index < -0.39 is 5.60 Å². The van der Waals surface area contributed by atoms with Crippen LogP contribution >= 0.6 is 0 Å². The lowest BCUT2D eigenvalue weighted by Gasteiger charge is -2.63. The predicted molar refractivity (Wildman–Crippen MR) is 104 cm³/mol. The zero-order chi connectivity index (χ0) is 18.4. The fraction of sp³-hybridized carbons (Fsp3) is 0.727. The van der Waals surface area contributed by atoms with Gasteiger partial charge in [0.1, 0.15) is 6.10 Å². The molecule has 0 aromatic heterocycles. The Kier molecular flexibility index (Phi) is 3.25. The average Bonchev–Trinajstić information content (AvgIpc) is 3.38. The molecule has 2 saturated carbocycles. The normalized spacial score (nSPS) is 39.0. The number of phenolic OH excluding ortho intramolecular Hbond substituents is 1. The molecule has 3 fully saturated rings. The summed E-state index contributed by atoms with van der Waals surface area (Å²) in [6, 6.07) is 2.01. The van der Waals surface area contributed by atoms with Crippen LogP contribution in [-0.2, 0) is 11.8 Å². The van der Waals surface area contributed by atoms with Crippen LogP contribution in [0.25, 0.3) is 0 Å². The highest BCUT2D eigenvalue weighted by Gasteiger charge is 2.71. The lowest BCUT2D eigenvalue weighted by atomic mass is 9.49. The average molecular weight is 370 g/mol. The number of aromatic hydroxyl groups is 1. The summed E-state index contributed by atoms with van der Waals surface area (Å²) in [5, 5.41) is 26.4. The van der Waals surface area contributed by atoms with Gasteiger partial charge < -0.3 is 20.3 Å². The third-order valence-corrected chi connectivity index (χ3v) is 8.16. The summed E-state index contributed by atoms with van der Waals surface area (Å²) in [6.45, 7) is 5.08. The molecule has 0 unspecified atom stereocenters. The van der Waals surface area contributed by atoms with Crippen molar-refractivity contribution in [3.05, 3.63) is 17.2 Å². The van der Waals surface area contributed by atoms with Crippen molar-refractivity contribution in [3.63, 3.8) is 0 Å². The van der Waals surface area contributed by atoms with Gasteiger partial charge in [-0.1, -0.05) is 0 Å². The molecule has 5 aliphatic rings. The van der Waals surface area contributed by atoms with Crippen LogP contribution in [0.15, 0.2) is 6.07 Å². The second kappa shape index (κ2) is 5.32. The number of nitrogens with one attached hydrogen (secondary N) is 1. The molecule has 1 aromatic carbocycles. The first-order valence-corrected chi connectivity index (χ1v) is 10.8. The van der Waals surface area contributed by atoms with Gasteiger partial charge in [-0.3, -0.25) is 4.90 Å². The van der Waals surface area contributed by atoms with Crippen molar-refractivity contribution in [1.29, 1.82) is 0 Å². The molecule has 6 rings (SSSR count). The number of nitrogens with zero attached hydrogens (tertiary/aromatic N) is 1. The van der Waals surface area contributed by atoms with Crippen LogP contribution in [0.3, 0.4) is 0 Å². The number of anilines is 1. The summed E-state index contributed by atoms with van der Waals surface area (Å²) in [5.41, 5.74) is 2.36. The number of hydrogen-bond acceptors (Lipinski definition) is 5. The molecule has 5 heteroatoms. The highest BCUT2D eigenvalue weighted by molar-refractivity contribution is 5.71. The Hall–Kier alpha value is -1.46. The number of rotatable bonds is 4. The quantitative estimate of drug-likeness (QED) is 0.761. The molecular formula is C22H30N2O3. The van der Waals surface area contributed by atoms with Crippen LogP contribution in [0.4, 0.5) is 5.69 Å². The van der Waals surface area contributed by atoms with Crippen molar-refractivity contribution in [2.75, 3.05) is 25.0 Å². The van der Waals surface area contributed by atoms with Crippen molar-refractivity contribution < 1.29 is 14.9 Å². The van der Waals surface area contributed by atoms with Gasteiger partial charge in [0.05, 0.1) is 11.0 Å². The minimum atomic E-state index is -0.738.